The van der Waals surface area contributed by atoms with Crippen molar-refractivity contribution in [1.29, 1.82) is 0 Å². The second kappa shape index (κ2) is 34.5. The summed E-state index contributed by atoms with van der Waals surface area (Å²) in [6, 6.07) is 0. The van der Waals surface area contributed by atoms with Crippen LogP contribution in [-0.2, 0) is 57.0 Å². The van der Waals surface area contributed by atoms with Gasteiger partial charge in [0, 0.05) is 32.0 Å². The average Bonchev–Trinajstić information content (AvgIpc) is 3.00. The smallest absolute Gasteiger partial charge is 0.159 e. The molecule has 0 saturated carbocycles. The molecule has 0 fully saturated rings. The average molecular weight is 638 g/mol. The zero-order chi connectivity index (χ0) is 32.4. The van der Waals surface area contributed by atoms with Crippen LogP contribution in [0.3, 0.4) is 0 Å². The fraction of sp³-hybridized carbons (Fsp3) is 0.903. The fourth-order valence-electron chi connectivity index (χ4n) is 3.72. The predicted octanol–water partition coefficient (Wildman–Crippen LogP) is 1.80. The highest BCUT2D eigenvalue weighted by molar-refractivity contribution is 5.87. The molecule has 0 aliphatic carbocycles. The first-order valence-electron chi connectivity index (χ1n) is 15.9. The standard InChI is InChI=1S/C31H59NO12/c1-3-36-11-12-38-15-16-40-19-20-42-23-24-43-22-21-41-18-17-39-14-13-37-10-6-8-30(34)26-44-27-31(35)25-29(28(2)33)7-4-5-9-32/h29H,3-27,32H2,1-2H3. The molecule has 2 N–H and O–H groups in total. The van der Waals surface area contributed by atoms with Crippen LogP contribution in [-0.4, -0.2) is 143 Å². The lowest BCUT2D eigenvalue weighted by Crippen LogP contribution is -2.21. The first-order valence-corrected chi connectivity index (χ1v) is 15.9. The molecule has 0 aliphatic heterocycles. The quantitative estimate of drug-likeness (QED) is 0.0983. The largest absolute Gasteiger partial charge is 0.379 e. The van der Waals surface area contributed by atoms with Gasteiger partial charge in [-0.05, 0) is 39.7 Å². The zero-order valence-corrected chi connectivity index (χ0v) is 27.2. The summed E-state index contributed by atoms with van der Waals surface area (Å²) in [7, 11) is 0. The number of Topliss-reactive ketones (excluding diaryl/α,β-unsaturated/α-hetero) is 3. The van der Waals surface area contributed by atoms with Crippen molar-refractivity contribution in [2.24, 2.45) is 11.7 Å². The van der Waals surface area contributed by atoms with Gasteiger partial charge in [-0.3, -0.25) is 14.4 Å². The molecule has 0 bridgehead atoms. The first-order chi connectivity index (χ1) is 21.5. The van der Waals surface area contributed by atoms with Crippen molar-refractivity contribution in [1.82, 2.24) is 0 Å². The normalized spacial score (nSPS) is 12.1. The fourth-order valence-corrected chi connectivity index (χ4v) is 3.72. The Labute approximate surface area is 264 Å². The molecule has 260 valence electrons. The number of ketones is 3. The molecule has 0 rings (SSSR count). The van der Waals surface area contributed by atoms with E-state index >= 15 is 0 Å². The predicted molar refractivity (Wildman–Crippen MR) is 164 cm³/mol. The number of ether oxygens (including phenoxy) is 9. The highest BCUT2D eigenvalue weighted by Gasteiger charge is 2.18. The molecule has 0 spiro atoms. The van der Waals surface area contributed by atoms with E-state index in [2.05, 4.69) is 0 Å². The van der Waals surface area contributed by atoms with Crippen LogP contribution in [0.25, 0.3) is 0 Å². The first kappa shape index (κ1) is 42.6. The van der Waals surface area contributed by atoms with Gasteiger partial charge in [-0.2, -0.15) is 0 Å². The highest BCUT2D eigenvalue weighted by Crippen LogP contribution is 2.14. The number of rotatable bonds is 37. The molecule has 0 heterocycles. The van der Waals surface area contributed by atoms with Gasteiger partial charge in [0.1, 0.15) is 19.0 Å². The van der Waals surface area contributed by atoms with Crippen molar-refractivity contribution in [2.75, 3.05) is 125 Å². The van der Waals surface area contributed by atoms with Gasteiger partial charge in [0.2, 0.25) is 0 Å². The van der Waals surface area contributed by atoms with Gasteiger partial charge in [-0.1, -0.05) is 6.42 Å². The lowest BCUT2D eigenvalue weighted by atomic mass is 9.93. The molecule has 0 amide bonds. The van der Waals surface area contributed by atoms with Crippen LogP contribution >= 0.6 is 0 Å². The van der Waals surface area contributed by atoms with Crippen LogP contribution in [0.4, 0.5) is 0 Å². The van der Waals surface area contributed by atoms with E-state index in [0.29, 0.717) is 132 Å². The molecule has 13 heteroatoms. The molecule has 0 aromatic carbocycles. The van der Waals surface area contributed by atoms with Gasteiger partial charge in [-0.15, -0.1) is 0 Å². The third-order valence-corrected chi connectivity index (χ3v) is 6.13. The van der Waals surface area contributed by atoms with Crippen molar-refractivity contribution in [3.63, 3.8) is 0 Å². The van der Waals surface area contributed by atoms with E-state index in [1.165, 1.54) is 6.92 Å². The number of hydrogen-bond acceptors (Lipinski definition) is 13. The molecular weight excluding hydrogens is 578 g/mol. The Balaban J connectivity index is 3.34. The van der Waals surface area contributed by atoms with Gasteiger partial charge in [0.05, 0.1) is 92.5 Å². The summed E-state index contributed by atoms with van der Waals surface area (Å²) in [5.74, 6) is -0.564. The van der Waals surface area contributed by atoms with Crippen LogP contribution < -0.4 is 5.73 Å². The van der Waals surface area contributed by atoms with Gasteiger partial charge >= 0.3 is 0 Å². The topological polar surface area (TPSA) is 160 Å². The van der Waals surface area contributed by atoms with Crippen molar-refractivity contribution in [3.8, 4) is 0 Å². The second-order valence-electron chi connectivity index (χ2n) is 9.95. The third kappa shape index (κ3) is 32.0. The molecule has 0 aliphatic rings. The van der Waals surface area contributed by atoms with Gasteiger partial charge in [-0.25, -0.2) is 0 Å². The van der Waals surface area contributed by atoms with Crippen LogP contribution in [0.2, 0.25) is 0 Å². The Morgan fingerprint density at radius 3 is 1.34 bits per heavy atom. The van der Waals surface area contributed by atoms with Crippen molar-refractivity contribution < 1.29 is 57.0 Å². The van der Waals surface area contributed by atoms with E-state index in [0.717, 1.165) is 12.8 Å². The molecular formula is C31H59NO12. The van der Waals surface area contributed by atoms with Crippen molar-refractivity contribution >= 4 is 17.3 Å². The molecule has 0 saturated heterocycles. The third-order valence-electron chi connectivity index (χ3n) is 6.13. The molecule has 0 radical (unpaired) electrons. The summed E-state index contributed by atoms with van der Waals surface area (Å²) in [6.45, 7) is 11.9. The van der Waals surface area contributed by atoms with Gasteiger partial charge in [0.15, 0.2) is 11.6 Å². The molecule has 0 aromatic rings. The number of carbonyl (C=O) groups is 3. The lowest BCUT2D eigenvalue weighted by Gasteiger charge is -2.12. The second-order valence-corrected chi connectivity index (χ2v) is 9.95. The molecule has 1 atom stereocenters. The minimum atomic E-state index is -0.302. The number of carbonyl (C=O) groups excluding carboxylic acids is 3. The summed E-state index contributed by atoms with van der Waals surface area (Å²) in [4.78, 5) is 35.7. The van der Waals surface area contributed by atoms with E-state index in [-0.39, 0.29) is 42.9 Å². The Morgan fingerprint density at radius 2 is 0.932 bits per heavy atom. The highest BCUT2D eigenvalue weighted by atomic mass is 16.6. The molecule has 13 nitrogen and oxygen atoms in total. The van der Waals surface area contributed by atoms with E-state index in [1.54, 1.807) is 0 Å². The molecule has 44 heavy (non-hydrogen) atoms. The van der Waals surface area contributed by atoms with E-state index < -0.39 is 0 Å². The summed E-state index contributed by atoms with van der Waals surface area (Å²) in [5, 5.41) is 0. The molecule has 0 aromatic heterocycles. The van der Waals surface area contributed by atoms with Crippen LogP contribution in [0.1, 0.15) is 52.4 Å². The van der Waals surface area contributed by atoms with E-state index in [1.807, 2.05) is 6.92 Å². The minimum absolute atomic E-state index is 0.00485. The van der Waals surface area contributed by atoms with E-state index in [4.69, 9.17) is 48.4 Å². The van der Waals surface area contributed by atoms with E-state index in [9.17, 15) is 14.4 Å². The maximum atomic E-state index is 12.1. The maximum absolute atomic E-state index is 12.1. The lowest BCUT2D eigenvalue weighted by molar-refractivity contribution is -0.132. The Kier molecular flexibility index (Phi) is 33.4. The van der Waals surface area contributed by atoms with Crippen LogP contribution in [0, 0.1) is 5.92 Å². The SMILES string of the molecule is CCOCCOCCOCCOCCOCCOCCOCCOCCCC(=O)COCC(=O)CC(CCCCN)C(C)=O. The number of hydrogen-bond donors (Lipinski definition) is 1. The number of nitrogens with two attached hydrogens (primary N) is 1. The summed E-state index contributed by atoms with van der Waals surface area (Å²) < 4.78 is 48.4. The maximum Gasteiger partial charge on any atom is 0.159 e. The Bertz CT molecular complexity index is 668. The van der Waals surface area contributed by atoms with Crippen molar-refractivity contribution in [3.05, 3.63) is 0 Å². The van der Waals surface area contributed by atoms with Gasteiger partial charge in [0.25, 0.3) is 0 Å². The summed E-state index contributed by atoms with van der Waals surface area (Å²) in [5.41, 5.74) is 5.48. The van der Waals surface area contributed by atoms with Gasteiger partial charge < -0.3 is 48.4 Å². The minimum Gasteiger partial charge on any atom is -0.379 e. The van der Waals surface area contributed by atoms with Crippen LogP contribution in [0.5, 0.6) is 0 Å². The number of unbranched alkanes of at least 4 members (excludes halogenated alkanes) is 1. The van der Waals surface area contributed by atoms with Crippen molar-refractivity contribution in [2.45, 2.75) is 52.4 Å². The van der Waals surface area contributed by atoms with Crippen LogP contribution in [0.15, 0.2) is 0 Å². The molecule has 1 unspecified atom stereocenters. The Morgan fingerprint density at radius 1 is 0.523 bits per heavy atom. The monoisotopic (exact) mass is 637 g/mol. The summed E-state index contributed by atoms with van der Waals surface area (Å²) >= 11 is 0. The Hall–Kier alpha value is -1.39. The summed E-state index contributed by atoms with van der Waals surface area (Å²) in [6.07, 6.45) is 3.31. The zero-order valence-electron chi connectivity index (χ0n) is 27.2.